The monoisotopic (exact) mass is 194 g/mol. The predicted molar refractivity (Wildman–Crippen MR) is 52.8 cm³/mol. The molecule has 0 radical (unpaired) electrons. The van der Waals surface area contributed by atoms with E-state index in [0.717, 1.165) is 15.4 Å². The van der Waals surface area contributed by atoms with Gasteiger partial charge in [0.2, 0.25) is 0 Å². The molecule has 2 heterocycles. The van der Waals surface area contributed by atoms with Crippen LogP contribution in [-0.2, 0) is 0 Å². The fraction of sp³-hybridized carbons (Fsp3) is 0.333. The van der Waals surface area contributed by atoms with Crippen molar-refractivity contribution in [3.63, 3.8) is 0 Å². The van der Waals surface area contributed by atoms with E-state index in [1.807, 2.05) is 19.1 Å². The summed E-state index contributed by atoms with van der Waals surface area (Å²) in [5.41, 5.74) is 1.42. The second-order valence-corrected chi connectivity index (χ2v) is 4.20. The van der Waals surface area contributed by atoms with Crippen LogP contribution < -0.4 is 0 Å². The number of fused-ring (bicyclic) bond motifs is 1. The first kappa shape index (κ1) is 8.59. The summed E-state index contributed by atoms with van der Waals surface area (Å²) in [6.45, 7) is 3.65. The lowest BCUT2D eigenvalue weighted by atomic mass is 10.2. The molecule has 2 aromatic heterocycles. The van der Waals surface area contributed by atoms with E-state index in [1.165, 1.54) is 0 Å². The van der Waals surface area contributed by atoms with Crippen molar-refractivity contribution in [2.75, 3.05) is 0 Å². The van der Waals surface area contributed by atoms with Crippen molar-refractivity contribution < 1.29 is 5.11 Å². The Morgan fingerprint density at radius 1 is 1.38 bits per heavy atom. The van der Waals surface area contributed by atoms with E-state index in [-0.39, 0.29) is 0 Å². The second-order valence-electron chi connectivity index (χ2n) is 2.97. The number of hydrogen-bond acceptors (Lipinski definition) is 4. The van der Waals surface area contributed by atoms with Gasteiger partial charge in [-0.1, -0.05) is 0 Å². The van der Waals surface area contributed by atoms with Gasteiger partial charge < -0.3 is 5.11 Å². The molecule has 0 saturated carbocycles. The van der Waals surface area contributed by atoms with Gasteiger partial charge in [-0.15, -0.1) is 11.3 Å². The fourth-order valence-corrected chi connectivity index (χ4v) is 1.94. The summed E-state index contributed by atoms with van der Waals surface area (Å²) in [6, 6.07) is 3.79. The summed E-state index contributed by atoms with van der Waals surface area (Å²) in [5, 5.41) is 10.3. The molecule has 0 fully saturated rings. The van der Waals surface area contributed by atoms with Crippen molar-refractivity contribution in [3.05, 3.63) is 22.8 Å². The molecule has 0 aliphatic carbocycles. The molecule has 2 aromatic rings. The van der Waals surface area contributed by atoms with Crippen molar-refractivity contribution in [1.29, 1.82) is 0 Å². The first-order valence-corrected chi connectivity index (χ1v) is 4.90. The maximum absolute atomic E-state index is 9.30. The molecule has 2 rings (SSSR count). The highest BCUT2D eigenvalue weighted by Gasteiger charge is 2.06. The van der Waals surface area contributed by atoms with Gasteiger partial charge in [-0.2, -0.15) is 0 Å². The summed E-state index contributed by atoms with van der Waals surface area (Å²) in [7, 11) is 0. The summed E-state index contributed by atoms with van der Waals surface area (Å²) < 4.78 is 1.07. The van der Waals surface area contributed by atoms with Crippen molar-refractivity contribution in [2.45, 2.75) is 20.0 Å². The van der Waals surface area contributed by atoms with E-state index < -0.39 is 6.10 Å². The molecule has 0 spiro atoms. The first-order valence-electron chi connectivity index (χ1n) is 4.09. The molecular weight excluding hydrogens is 184 g/mol. The number of aliphatic hydroxyl groups excluding tert-OH is 1. The van der Waals surface area contributed by atoms with Crippen LogP contribution in [0.3, 0.4) is 0 Å². The van der Waals surface area contributed by atoms with Gasteiger partial charge in [-0.05, 0) is 26.0 Å². The molecular formula is C9H10N2OS. The minimum atomic E-state index is -0.522. The Morgan fingerprint density at radius 3 is 2.85 bits per heavy atom. The van der Waals surface area contributed by atoms with Gasteiger partial charge in [-0.25, -0.2) is 9.97 Å². The number of rotatable bonds is 1. The highest BCUT2D eigenvalue weighted by atomic mass is 32.1. The van der Waals surface area contributed by atoms with Gasteiger partial charge in [0.25, 0.3) is 0 Å². The third-order valence-electron chi connectivity index (χ3n) is 1.81. The molecule has 0 bridgehead atoms. The third-order valence-corrected chi connectivity index (χ3v) is 2.74. The largest absolute Gasteiger partial charge is 0.387 e. The lowest BCUT2D eigenvalue weighted by Crippen LogP contribution is -1.94. The van der Waals surface area contributed by atoms with Crippen molar-refractivity contribution in [2.24, 2.45) is 0 Å². The van der Waals surface area contributed by atoms with E-state index in [9.17, 15) is 5.11 Å². The summed E-state index contributed by atoms with van der Waals surface area (Å²) in [6.07, 6.45) is -0.522. The van der Waals surface area contributed by atoms with E-state index in [2.05, 4.69) is 9.97 Å². The minimum absolute atomic E-state index is 0.522. The first-order chi connectivity index (χ1) is 6.16. The zero-order valence-corrected chi connectivity index (χ0v) is 8.30. The molecule has 1 N–H and O–H groups in total. The maximum Gasteiger partial charge on any atom is 0.170 e. The Kier molecular flexibility index (Phi) is 2.01. The van der Waals surface area contributed by atoms with Crippen LogP contribution >= 0.6 is 11.3 Å². The Morgan fingerprint density at radius 2 is 2.15 bits per heavy atom. The zero-order chi connectivity index (χ0) is 9.42. The molecule has 1 unspecified atom stereocenters. The van der Waals surface area contributed by atoms with Gasteiger partial charge in [0.15, 0.2) is 5.65 Å². The van der Waals surface area contributed by atoms with Gasteiger partial charge in [0, 0.05) is 0 Å². The number of nitrogens with zero attached hydrogens (tertiary/aromatic N) is 2. The van der Waals surface area contributed by atoms with Gasteiger partial charge in [0.05, 0.1) is 21.5 Å². The normalized spacial score (nSPS) is 13.5. The highest BCUT2D eigenvalue weighted by molar-refractivity contribution is 7.18. The lowest BCUT2D eigenvalue weighted by molar-refractivity contribution is 0.194. The average molecular weight is 194 g/mol. The van der Waals surface area contributed by atoms with Crippen molar-refractivity contribution in [3.8, 4) is 0 Å². The zero-order valence-electron chi connectivity index (χ0n) is 7.48. The molecule has 3 nitrogen and oxygen atoms in total. The smallest absolute Gasteiger partial charge is 0.170 e. The molecule has 0 saturated heterocycles. The number of pyridine rings is 1. The van der Waals surface area contributed by atoms with Crippen LogP contribution in [-0.4, -0.2) is 15.1 Å². The number of thiazole rings is 1. The summed E-state index contributed by atoms with van der Waals surface area (Å²) in [5.74, 6) is 0. The standard InChI is InChI=1S/C9H10N2OS/c1-5(12)7-3-4-8-9(11-7)10-6(2)13-8/h3-5,12H,1-2H3. The van der Waals surface area contributed by atoms with Crippen LogP contribution in [0.5, 0.6) is 0 Å². The van der Waals surface area contributed by atoms with Crippen LogP contribution in [0.2, 0.25) is 0 Å². The molecule has 0 aliphatic heterocycles. The summed E-state index contributed by atoms with van der Waals surface area (Å²) >= 11 is 1.62. The van der Waals surface area contributed by atoms with Gasteiger partial charge in [0.1, 0.15) is 0 Å². The van der Waals surface area contributed by atoms with E-state index in [4.69, 9.17) is 0 Å². The predicted octanol–water partition coefficient (Wildman–Crippen LogP) is 2.05. The van der Waals surface area contributed by atoms with Crippen LogP contribution in [0.4, 0.5) is 0 Å². The van der Waals surface area contributed by atoms with Gasteiger partial charge in [-0.3, -0.25) is 0 Å². The van der Waals surface area contributed by atoms with Gasteiger partial charge >= 0.3 is 0 Å². The average Bonchev–Trinajstić information content (AvgIpc) is 2.42. The van der Waals surface area contributed by atoms with Crippen LogP contribution in [0.1, 0.15) is 23.7 Å². The third kappa shape index (κ3) is 1.55. The molecule has 4 heteroatoms. The fourth-order valence-electron chi connectivity index (χ4n) is 1.17. The van der Waals surface area contributed by atoms with E-state index in [1.54, 1.807) is 18.3 Å². The number of aryl methyl sites for hydroxylation is 1. The number of hydrogen-bond donors (Lipinski definition) is 1. The second kappa shape index (κ2) is 3.05. The Bertz CT molecular complexity index is 436. The van der Waals surface area contributed by atoms with Crippen molar-refractivity contribution in [1.82, 2.24) is 9.97 Å². The highest BCUT2D eigenvalue weighted by Crippen LogP contribution is 2.21. The number of aliphatic hydroxyl groups is 1. The Balaban J connectivity index is 2.61. The topological polar surface area (TPSA) is 46.0 Å². The Labute approximate surface area is 80.1 Å². The van der Waals surface area contributed by atoms with Crippen LogP contribution in [0, 0.1) is 6.92 Å². The summed E-state index contributed by atoms with van der Waals surface area (Å²) in [4.78, 5) is 8.50. The van der Waals surface area contributed by atoms with E-state index >= 15 is 0 Å². The number of aromatic nitrogens is 2. The molecule has 13 heavy (non-hydrogen) atoms. The molecule has 68 valence electrons. The van der Waals surface area contributed by atoms with Crippen LogP contribution in [0.15, 0.2) is 12.1 Å². The van der Waals surface area contributed by atoms with E-state index in [0.29, 0.717) is 5.69 Å². The molecule has 0 amide bonds. The molecule has 0 aliphatic rings. The lowest BCUT2D eigenvalue weighted by Gasteiger charge is -2.01. The SMILES string of the molecule is Cc1nc2nc(C(C)O)ccc2s1. The molecule has 0 aromatic carbocycles. The maximum atomic E-state index is 9.30. The minimum Gasteiger partial charge on any atom is -0.387 e. The van der Waals surface area contributed by atoms with Crippen LogP contribution in [0.25, 0.3) is 10.3 Å². The quantitative estimate of drug-likeness (QED) is 0.755. The Hall–Kier alpha value is -1.00. The molecule has 1 atom stereocenters. The van der Waals surface area contributed by atoms with Crippen molar-refractivity contribution >= 4 is 21.7 Å².